The van der Waals surface area contributed by atoms with Crippen LogP contribution in [-0.2, 0) is 4.79 Å². The maximum absolute atomic E-state index is 14.1. The predicted octanol–water partition coefficient (Wildman–Crippen LogP) is 2.66. The molecule has 2 amide bonds. The zero-order valence-corrected chi connectivity index (χ0v) is 13.4. The average Bonchev–Trinajstić information content (AvgIpc) is 2.85. The van der Waals surface area contributed by atoms with Crippen molar-refractivity contribution < 1.29 is 22.8 Å². The first-order valence-corrected chi connectivity index (χ1v) is 8.01. The van der Waals surface area contributed by atoms with E-state index in [1.54, 1.807) is 18.2 Å². The molecule has 1 saturated carbocycles. The van der Waals surface area contributed by atoms with Crippen LogP contribution in [-0.4, -0.2) is 47.9 Å². The Balaban J connectivity index is 1.59. The molecule has 4 nitrogen and oxygen atoms in total. The van der Waals surface area contributed by atoms with Gasteiger partial charge in [0, 0.05) is 25.3 Å². The highest BCUT2D eigenvalue weighted by Gasteiger charge is 2.51. The van der Waals surface area contributed by atoms with Crippen molar-refractivity contribution in [2.45, 2.75) is 31.0 Å². The van der Waals surface area contributed by atoms with Gasteiger partial charge >= 0.3 is 0 Å². The highest BCUT2D eigenvalue weighted by atomic mass is 35.5. The van der Waals surface area contributed by atoms with E-state index in [0.717, 1.165) is 0 Å². The molecule has 1 saturated heterocycles. The van der Waals surface area contributed by atoms with Crippen molar-refractivity contribution in [3.05, 3.63) is 34.9 Å². The number of nitrogens with one attached hydrogen (secondary N) is 1. The van der Waals surface area contributed by atoms with Crippen LogP contribution in [0.5, 0.6) is 0 Å². The van der Waals surface area contributed by atoms with E-state index in [1.807, 2.05) is 0 Å². The summed E-state index contributed by atoms with van der Waals surface area (Å²) in [5, 5.41) is 2.76. The Bertz CT molecular complexity index is 662. The molecular weight excluding hydrogens is 345 g/mol. The zero-order valence-electron chi connectivity index (χ0n) is 12.6. The first kappa shape index (κ1) is 17.1. The summed E-state index contributed by atoms with van der Waals surface area (Å²) in [5.74, 6) is -4.56. The molecule has 2 atom stereocenters. The average molecular weight is 361 g/mol. The third kappa shape index (κ3) is 3.36. The molecule has 24 heavy (non-hydrogen) atoms. The highest BCUT2D eigenvalue weighted by Crippen LogP contribution is 2.43. The van der Waals surface area contributed by atoms with E-state index in [1.165, 1.54) is 11.0 Å². The molecule has 3 rings (SSSR count). The van der Waals surface area contributed by atoms with Crippen LogP contribution < -0.4 is 5.32 Å². The number of nitrogens with zero attached hydrogens (tertiary/aromatic N) is 1. The lowest BCUT2D eigenvalue weighted by molar-refractivity contribution is -0.159. The number of benzene rings is 1. The Morgan fingerprint density at radius 1 is 1.21 bits per heavy atom. The molecule has 1 aliphatic heterocycles. The minimum Gasteiger partial charge on any atom is -0.344 e. The molecule has 2 fully saturated rings. The molecule has 1 heterocycles. The molecular formula is C16H16ClF3N2O2. The Morgan fingerprint density at radius 3 is 2.50 bits per heavy atom. The van der Waals surface area contributed by atoms with Gasteiger partial charge in [0.1, 0.15) is 6.17 Å². The van der Waals surface area contributed by atoms with E-state index in [-0.39, 0.29) is 23.7 Å². The van der Waals surface area contributed by atoms with Crippen molar-refractivity contribution in [3.63, 3.8) is 0 Å². The molecule has 0 spiro atoms. The lowest BCUT2D eigenvalue weighted by Crippen LogP contribution is -2.47. The Labute approximate surface area is 142 Å². The summed E-state index contributed by atoms with van der Waals surface area (Å²) in [5.41, 5.74) is 0.217. The number of carbonyl (C=O) groups is 2. The van der Waals surface area contributed by atoms with Gasteiger partial charge in [0.2, 0.25) is 11.8 Å². The topological polar surface area (TPSA) is 49.4 Å². The monoisotopic (exact) mass is 360 g/mol. The summed E-state index contributed by atoms with van der Waals surface area (Å²) in [6, 6.07) is 5.48. The van der Waals surface area contributed by atoms with Crippen LogP contribution in [0.1, 0.15) is 23.2 Å². The quantitative estimate of drug-likeness (QED) is 0.901. The number of hydrogen-bond acceptors (Lipinski definition) is 2. The third-order valence-corrected chi connectivity index (χ3v) is 4.76. The van der Waals surface area contributed by atoms with Gasteiger partial charge in [-0.25, -0.2) is 13.2 Å². The van der Waals surface area contributed by atoms with Crippen molar-refractivity contribution in [1.29, 1.82) is 0 Å². The number of alkyl halides is 3. The van der Waals surface area contributed by atoms with Crippen molar-refractivity contribution in [3.8, 4) is 0 Å². The number of hydrogen-bond donors (Lipinski definition) is 1. The van der Waals surface area contributed by atoms with Gasteiger partial charge in [0.25, 0.3) is 5.91 Å². The smallest absolute Gasteiger partial charge is 0.253 e. The fraction of sp³-hybridized carbons (Fsp3) is 0.500. The molecule has 2 aliphatic rings. The number of halogens is 4. The minimum atomic E-state index is -2.80. The fourth-order valence-corrected chi connectivity index (χ4v) is 3.29. The zero-order chi connectivity index (χ0) is 17.5. The molecule has 0 aromatic heterocycles. The first-order chi connectivity index (χ1) is 11.3. The maximum Gasteiger partial charge on any atom is 0.253 e. The molecule has 1 aromatic carbocycles. The van der Waals surface area contributed by atoms with E-state index < -0.39 is 48.7 Å². The summed E-state index contributed by atoms with van der Waals surface area (Å²) in [4.78, 5) is 25.5. The van der Waals surface area contributed by atoms with Crippen LogP contribution in [0.25, 0.3) is 0 Å². The van der Waals surface area contributed by atoms with Crippen LogP contribution in [0.2, 0.25) is 5.02 Å². The molecule has 130 valence electrons. The van der Waals surface area contributed by atoms with Crippen molar-refractivity contribution in [2.24, 2.45) is 5.92 Å². The first-order valence-electron chi connectivity index (χ1n) is 7.63. The predicted molar refractivity (Wildman–Crippen MR) is 81.9 cm³/mol. The fourth-order valence-electron chi connectivity index (χ4n) is 3.07. The lowest BCUT2D eigenvalue weighted by Gasteiger charge is -2.36. The number of amides is 2. The molecule has 8 heteroatoms. The van der Waals surface area contributed by atoms with Gasteiger partial charge in [-0.15, -0.1) is 0 Å². The largest absolute Gasteiger partial charge is 0.344 e. The van der Waals surface area contributed by atoms with Crippen LogP contribution in [0, 0.1) is 5.92 Å². The van der Waals surface area contributed by atoms with Gasteiger partial charge in [-0.1, -0.05) is 23.7 Å². The van der Waals surface area contributed by atoms with Crippen LogP contribution in [0.4, 0.5) is 13.2 Å². The van der Waals surface area contributed by atoms with E-state index in [0.29, 0.717) is 0 Å². The second-order valence-corrected chi connectivity index (χ2v) is 6.69. The number of rotatable bonds is 3. The number of likely N-dealkylation sites (tertiary alicyclic amines) is 1. The van der Waals surface area contributed by atoms with Gasteiger partial charge < -0.3 is 10.2 Å². The molecule has 0 bridgehead atoms. The second kappa shape index (κ2) is 6.27. The molecule has 1 aliphatic carbocycles. The molecule has 1 aromatic rings. The van der Waals surface area contributed by atoms with E-state index >= 15 is 0 Å². The van der Waals surface area contributed by atoms with Crippen LogP contribution in [0.3, 0.4) is 0 Å². The van der Waals surface area contributed by atoms with Crippen molar-refractivity contribution in [1.82, 2.24) is 10.2 Å². The third-order valence-electron chi connectivity index (χ3n) is 4.43. The summed E-state index contributed by atoms with van der Waals surface area (Å²) in [6.45, 7) is -0.230. The standard InChI is InChI=1S/C16H16ClF3N2O2/c17-11-4-2-1-3-10(11)14(23)21-13-8-22(7-12(13)18)15(24)9-5-16(19,20)6-9/h1-4,9,12-13H,5-8H2,(H,21,23)/t12-,13+/m0/s1. The maximum atomic E-state index is 14.1. The van der Waals surface area contributed by atoms with E-state index in [9.17, 15) is 22.8 Å². The normalized spacial score (nSPS) is 26.1. The minimum absolute atomic E-state index is 0.0295. The number of carbonyl (C=O) groups excluding carboxylic acids is 2. The lowest BCUT2D eigenvalue weighted by atomic mass is 9.80. The summed E-state index contributed by atoms with van der Waals surface area (Å²) in [6.07, 6.45) is -2.42. The Morgan fingerprint density at radius 2 is 1.88 bits per heavy atom. The second-order valence-electron chi connectivity index (χ2n) is 6.28. The van der Waals surface area contributed by atoms with Gasteiger partial charge in [0.15, 0.2) is 0 Å². The summed E-state index contributed by atoms with van der Waals surface area (Å²) < 4.78 is 39.9. The van der Waals surface area contributed by atoms with Crippen molar-refractivity contribution >= 4 is 23.4 Å². The summed E-state index contributed by atoms with van der Waals surface area (Å²) >= 11 is 5.92. The molecule has 0 unspecified atom stereocenters. The van der Waals surface area contributed by atoms with Gasteiger partial charge in [-0.2, -0.15) is 0 Å². The van der Waals surface area contributed by atoms with E-state index in [2.05, 4.69) is 5.32 Å². The molecule has 1 N–H and O–H groups in total. The highest BCUT2D eigenvalue weighted by molar-refractivity contribution is 6.33. The Hall–Kier alpha value is -1.76. The van der Waals surface area contributed by atoms with Crippen molar-refractivity contribution in [2.75, 3.05) is 13.1 Å². The van der Waals surface area contributed by atoms with Gasteiger partial charge in [0.05, 0.1) is 23.2 Å². The SMILES string of the molecule is O=C(N[C@@H]1CN(C(=O)C2CC(F)(F)C2)C[C@@H]1F)c1ccccc1Cl. The summed E-state index contributed by atoms with van der Waals surface area (Å²) in [7, 11) is 0. The van der Waals surface area contributed by atoms with Crippen LogP contribution in [0.15, 0.2) is 24.3 Å². The Kier molecular flexibility index (Phi) is 4.46. The molecule has 0 radical (unpaired) electrons. The van der Waals surface area contributed by atoms with E-state index in [4.69, 9.17) is 11.6 Å². The van der Waals surface area contributed by atoms with Gasteiger partial charge in [-0.05, 0) is 12.1 Å². The van der Waals surface area contributed by atoms with Crippen LogP contribution >= 0.6 is 11.6 Å². The van der Waals surface area contributed by atoms with Gasteiger partial charge in [-0.3, -0.25) is 9.59 Å².